The Morgan fingerprint density at radius 3 is 2.44 bits per heavy atom. The summed E-state index contributed by atoms with van der Waals surface area (Å²) in [5.41, 5.74) is 0. The van der Waals surface area contributed by atoms with Crippen LogP contribution in [-0.2, 0) is 0 Å². The van der Waals surface area contributed by atoms with Gasteiger partial charge in [-0.15, -0.1) is 0 Å². The maximum atomic E-state index is 12.4. The molecule has 1 atom stereocenters. The zero-order valence-electron chi connectivity index (χ0n) is 5.11. The summed E-state index contributed by atoms with van der Waals surface area (Å²) in [6.07, 6.45) is 0.986. The molecule has 1 aliphatic carbocycles. The normalized spacial score (nSPS) is 33.0. The molecule has 0 radical (unpaired) electrons. The van der Waals surface area contributed by atoms with E-state index >= 15 is 0 Å². The molecule has 1 nitrogen and oxygen atoms in total. The number of alkyl halides is 2. The third-order valence-electron chi connectivity index (χ3n) is 1.88. The van der Waals surface area contributed by atoms with Crippen LogP contribution in [0.1, 0.15) is 19.3 Å². The largest absolute Gasteiger partial charge is 0.396 e. The number of hydrogen-bond donors (Lipinski definition) is 1. The fraction of sp³-hybridized carbons (Fsp3) is 1.00. The van der Waals surface area contributed by atoms with Crippen molar-refractivity contribution in [2.75, 3.05) is 6.61 Å². The molecule has 1 unspecified atom stereocenters. The predicted molar refractivity (Wildman–Crippen MR) is 29.4 cm³/mol. The Labute approximate surface area is 52.7 Å². The lowest BCUT2D eigenvalue weighted by atomic mass is 10.1. The van der Waals surface area contributed by atoms with Gasteiger partial charge in [0.25, 0.3) is 5.92 Å². The highest BCUT2D eigenvalue weighted by Gasteiger charge is 2.42. The standard InChI is InChI=1S/C6H10F2O/c7-6(8)3-1-2-5(6)4-9/h5,9H,1-4H2. The van der Waals surface area contributed by atoms with Crippen LogP contribution in [0.2, 0.25) is 0 Å². The second-order valence-electron chi connectivity index (χ2n) is 2.53. The van der Waals surface area contributed by atoms with Crippen LogP contribution in [0.15, 0.2) is 0 Å². The van der Waals surface area contributed by atoms with Crippen LogP contribution >= 0.6 is 0 Å². The Balaban J connectivity index is 2.52. The van der Waals surface area contributed by atoms with E-state index in [4.69, 9.17) is 5.11 Å². The molecule has 1 fully saturated rings. The maximum absolute atomic E-state index is 12.4. The van der Waals surface area contributed by atoms with Crippen molar-refractivity contribution in [3.8, 4) is 0 Å². The second kappa shape index (κ2) is 2.21. The van der Waals surface area contributed by atoms with Gasteiger partial charge in [-0.1, -0.05) is 0 Å². The van der Waals surface area contributed by atoms with Crippen molar-refractivity contribution in [1.29, 1.82) is 0 Å². The molecule has 1 rings (SSSR count). The lowest BCUT2D eigenvalue weighted by Crippen LogP contribution is -2.24. The minimum absolute atomic E-state index is 0.0434. The molecule has 0 aliphatic heterocycles. The van der Waals surface area contributed by atoms with Crippen LogP contribution in [-0.4, -0.2) is 17.6 Å². The van der Waals surface area contributed by atoms with Gasteiger partial charge < -0.3 is 5.11 Å². The molecule has 0 amide bonds. The Morgan fingerprint density at radius 1 is 1.56 bits per heavy atom. The van der Waals surface area contributed by atoms with E-state index in [-0.39, 0.29) is 13.0 Å². The van der Waals surface area contributed by atoms with Crippen LogP contribution in [0.3, 0.4) is 0 Å². The van der Waals surface area contributed by atoms with Gasteiger partial charge in [0.15, 0.2) is 0 Å². The number of aliphatic hydroxyl groups excluding tert-OH is 1. The number of rotatable bonds is 1. The Hall–Kier alpha value is -0.180. The van der Waals surface area contributed by atoms with Crippen molar-refractivity contribution in [3.63, 3.8) is 0 Å². The van der Waals surface area contributed by atoms with E-state index in [1.807, 2.05) is 0 Å². The van der Waals surface area contributed by atoms with E-state index in [0.29, 0.717) is 12.8 Å². The van der Waals surface area contributed by atoms with E-state index in [1.54, 1.807) is 0 Å². The van der Waals surface area contributed by atoms with E-state index in [9.17, 15) is 8.78 Å². The molecule has 3 heteroatoms. The molecule has 54 valence electrons. The fourth-order valence-electron chi connectivity index (χ4n) is 1.22. The van der Waals surface area contributed by atoms with Crippen molar-refractivity contribution in [2.24, 2.45) is 5.92 Å². The zero-order chi connectivity index (χ0) is 6.91. The monoisotopic (exact) mass is 136 g/mol. The Morgan fingerprint density at radius 2 is 2.22 bits per heavy atom. The van der Waals surface area contributed by atoms with E-state index < -0.39 is 11.8 Å². The molecular weight excluding hydrogens is 126 g/mol. The molecular formula is C6H10F2O. The van der Waals surface area contributed by atoms with Gasteiger partial charge in [-0.2, -0.15) is 0 Å². The van der Waals surface area contributed by atoms with E-state index in [1.165, 1.54) is 0 Å². The van der Waals surface area contributed by atoms with Crippen molar-refractivity contribution in [2.45, 2.75) is 25.2 Å². The first-order chi connectivity index (χ1) is 4.17. The van der Waals surface area contributed by atoms with Crippen molar-refractivity contribution >= 4 is 0 Å². The molecule has 0 aromatic heterocycles. The molecule has 0 aromatic rings. The summed E-state index contributed by atoms with van der Waals surface area (Å²) < 4.78 is 24.9. The summed E-state index contributed by atoms with van der Waals surface area (Å²) in [5, 5.41) is 8.42. The smallest absolute Gasteiger partial charge is 0.253 e. The highest BCUT2D eigenvalue weighted by atomic mass is 19.3. The molecule has 0 saturated heterocycles. The van der Waals surface area contributed by atoms with Crippen LogP contribution < -0.4 is 0 Å². The lowest BCUT2D eigenvalue weighted by molar-refractivity contribution is -0.0540. The van der Waals surface area contributed by atoms with Gasteiger partial charge >= 0.3 is 0 Å². The maximum Gasteiger partial charge on any atom is 0.253 e. The summed E-state index contributed by atoms with van der Waals surface area (Å²) in [6, 6.07) is 0. The molecule has 0 spiro atoms. The molecule has 0 aromatic carbocycles. The third kappa shape index (κ3) is 1.21. The van der Waals surface area contributed by atoms with Crippen LogP contribution in [0.4, 0.5) is 8.78 Å². The highest BCUT2D eigenvalue weighted by Crippen LogP contribution is 2.39. The van der Waals surface area contributed by atoms with E-state index in [2.05, 4.69) is 0 Å². The van der Waals surface area contributed by atoms with E-state index in [0.717, 1.165) is 0 Å². The first-order valence-electron chi connectivity index (χ1n) is 3.15. The summed E-state index contributed by atoms with van der Waals surface area (Å²) in [7, 11) is 0. The topological polar surface area (TPSA) is 20.2 Å². The van der Waals surface area contributed by atoms with Crippen LogP contribution in [0.25, 0.3) is 0 Å². The first-order valence-corrected chi connectivity index (χ1v) is 3.15. The molecule has 9 heavy (non-hydrogen) atoms. The number of aliphatic hydroxyl groups is 1. The Bertz CT molecular complexity index is 103. The van der Waals surface area contributed by atoms with Gasteiger partial charge in [0.05, 0.1) is 6.61 Å². The molecule has 1 aliphatic rings. The highest BCUT2D eigenvalue weighted by molar-refractivity contribution is 4.83. The van der Waals surface area contributed by atoms with Gasteiger partial charge in [0, 0.05) is 12.3 Å². The molecule has 1 N–H and O–H groups in total. The van der Waals surface area contributed by atoms with Crippen LogP contribution in [0.5, 0.6) is 0 Å². The van der Waals surface area contributed by atoms with Gasteiger partial charge in [0.2, 0.25) is 0 Å². The molecule has 0 heterocycles. The summed E-state index contributed by atoms with van der Waals surface area (Å²) >= 11 is 0. The Kier molecular flexibility index (Phi) is 1.70. The number of halogens is 2. The average Bonchev–Trinajstić information content (AvgIpc) is 2.08. The van der Waals surface area contributed by atoms with Crippen molar-refractivity contribution in [3.05, 3.63) is 0 Å². The quantitative estimate of drug-likeness (QED) is 0.578. The zero-order valence-corrected chi connectivity index (χ0v) is 5.11. The summed E-state index contributed by atoms with van der Waals surface area (Å²) in [4.78, 5) is 0. The second-order valence-corrected chi connectivity index (χ2v) is 2.53. The average molecular weight is 136 g/mol. The fourth-order valence-corrected chi connectivity index (χ4v) is 1.22. The molecule has 1 saturated carbocycles. The minimum Gasteiger partial charge on any atom is -0.396 e. The van der Waals surface area contributed by atoms with Gasteiger partial charge in [-0.3, -0.25) is 0 Å². The number of hydrogen-bond acceptors (Lipinski definition) is 1. The minimum atomic E-state index is -2.59. The molecule has 0 bridgehead atoms. The van der Waals surface area contributed by atoms with Crippen LogP contribution in [0, 0.1) is 5.92 Å². The van der Waals surface area contributed by atoms with Crippen molar-refractivity contribution in [1.82, 2.24) is 0 Å². The SMILES string of the molecule is OCC1CCCC1(F)F. The third-order valence-corrected chi connectivity index (χ3v) is 1.88. The predicted octanol–water partition coefficient (Wildman–Crippen LogP) is 1.41. The van der Waals surface area contributed by atoms with Gasteiger partial charge in [-0.05, 0) is 12.8 Å². The summed E-state index contributed by atoms with van der Waals surface area (Å²) in [6.45, 7) is -0.368. The first kappa shape index (κ1) is 6.93. The van der Waals surface area contributed by atoms with Gasteiger partial charge in [0.1, 0.15) is 0 Å². The van der Waals surface area contributed by atoms with Crippen molar-refractivity contribution < 1.29 is 13.9 Å². The van der Waals surface area contributed by atoms with Gasteiger partial charge in [-0.25, -0.2) is 8.78 Å². The summed E-state index contributed by atoms with van der Waals surface area (Å²) in [5.74, 6) is -3.35. The lowest BCUT2D eigenvalue weighted by Gasteiger charge is -2.15.